The molecule has 1 aliphatic rings. The molecule has 7 heteroatoms. The molecule has 0 aliphatic carbocycles. The summed E-state index contributed by atoms with van der Waals surface area (Å²) in [5, 5.41) is 2.63. The van der Waals surface area contributed by atoms with E-state index in [0.717, 1.165) is 35.6 Å². The van der Waals surface area contributed by atoms with Crippen LogP contribution in [-0.2, 0) is 11.2 Å². The highest BCUT2D eigenvalue weighted by molar-refractivity contribution is 5.91. The molecule has 5 nitrogen and oxygen atoms in total. The van der Waals surface area contributed by atoms with Crippen molar-refractivity contribution in [2.24, 2.45) is 0 Å². The molecule has 1 heterocycles. The Kier molecular flexibility index (Phi) is 5.60. The summed E-state index contributed by atoms with van der Waals surface area (Å²) in [7, 11) is 3.20. The van der Waals surface area contributed by atoms with Gasteiger partial charge in [0.05, 0.1) is 20.8 Å². The van der Waals surface area contributed by atoms with Crippen molar-refractivity contribution in [3.05, 3.63) is 53.1 Å². The summed E-state index contributed by atoms with van der Waals surface area (Å²) in [6.45, 7) is 3.08. The second-order valence-electron chi connectivity index (χ2n) is 6.64. The third kappa shape index (κ3) is 4.03. The van der Waals surface area contributed by atoms with Gasteiger partial charge < -0.3 is 19.7 Å². The van der Waals surface area contributed by atoms with Gasteiger partial charge in [0.2, 0.25) is 0 Å². The fourth-order valence-electron chi connectivity index (χ4n) is 3.51. The van der Waals surface area contributed by atoms with E-state index in [-0.39, 0.29) is 24.2 Å². The Hall–Kier alpha value is -2.67. The van der Waals surface area contributed by atoms with E-state index in [4.69, 9.17) is 9.47 Å². The summed E-state index contributed by atoms with van der Waals surface area (Å²) in [6, 6.07) is 7.36. The molecular formula is C20H23F2N2O3+. The van der Waals surface area contributed by atoms with Gasteiger partial charge in [0, 0.05) is 23.7 Å². The molecule has 1 unspecified atom stereocenters. The number of quaternary nitrogens is 1. The fourth-order valence-corrected chi connectivity index (χ4v) is 3.51. The van der Waals surface area contributed by atoms with E-state index in [1.807, 2.05) is 12.1 Å². The monoisotopic (exact) mass is 377 g/mol. The number of nitrogens with one attached hydrogen (secondary N) is 2. The number of amides is 1. The third-order valence-electron chi connectivity index (χ3n) is 5.03. The normalized spacial score (nSPS) is 18.6. The van der Waals surface area contributed by atoms with Crippen molar-refractivity contribution < 1.29 is 27.9 Å². The van der Waals surface area contributed by atoms with Crippen LogP contribution in [0.5, 0.6) is 11.5 Å². The Morgan fingerprint density at radius 3 is 2.52 bits per heavy atom. The molecule has 3 rings (SSSR count). The molecule has 0 radical (unpaired) electrons. The van der Waals surface area contributed by atoms with Gasteiger partial charge in [-0.15, -0.1) is 0 Å². The van der Waals surface area contributed by atoms with Crippen molar-refractivity contribution in [1.82, 2.24) is 0 Å². The second kappa shape index (κ2) is 7.92. The minimum atomic E-state index is -0.985. The smallest absolute Gasteiger partial charge is 0.279 e. The predicted octanol–water partition coefficient (Wildman–Crippen LogP) is 2.12. The number of ether oxygens (including phenoxy) is 2. The SMILES string of the molecule is COc1cc2c(cc1OC)[C@@H](C)[NH+](CC(=O)Nc1ccc(F)c(F)c1)CC2. The zero-order valence-electron chi connectivity index (χ0n) is 15.6. The summed E-state index contributed by atoms with van der Waals surface area (Å²) in [5.41, 5.74) is 2.55. The van der Waals surface area contributed by atoms with Gasteiger partial charge in [-0.2, -0.15) is 0 Å². The van der Waals surface area contributed by atoms with Crippen LogP contribution in [-0.4, -0.2) is 33.2 Å². The van der Waals surface area contributed by atoms with Crippen LogP contribution in [0.2, 0.25) is 0 Å². The van der Waals surface area contributed by atoms with Crippen LogP contribution in [0.1, 0.15) is 24.1 Å². The molecule has 144 valence electrons. The molecule has 0 spiro atoms. The van der Waals surface area contributed by atoms with Crippen LogP contribution < -0.4 is 19.7 Å². The number of hydrogen-bond donors (Lipinski definition) is 2. The number of rotatable bonds is 5. The Balaban J connectivity index is 1.71. The van der Waals surface area contributed by atoms with Crippen molar-refractivity contribution in [3.8, 4) is 11.5 Å². The van der Waals surface area contributed by atoms with E-state index >= 15 is 0 Å². The molecule has 0 saturated carbocycles. The summed E-state index contributed by atoms with van der Waals surface area (Å²) in [4.78, 5) is 13.5. The molecule has 27 heavy (non-hydrogen) atoms. The van der Waals surface area contributed by atoms with Crippen molar-refractivity contribution >= 4 is 11.6 Å². The maximum absolute atomic E-state index is 13.3. The molecule has 1 aliphatic heterocycles. The highest BCUT2D eigenvalue weighted by atomic mass is 19.2. The lowest BCUT2D eigenvalue weighted by Crippen LogP contribution is -3.14. The molecule has 2 aromatic rings. The minimum absolute atomic E-state index is 0.0873. The van der Waals surface area contributed by atoms with E-state index in [1.54, 1.807) is 14.2 Å². The molecular weight excluding hydrogens is 354 g/mol. The van der Waals surface area contributed by atoms with E-state index < -0.39 is 11.6 Å². The number of carbonyl (C=O) groups excluding carboxylic acids is 1. The lowest BCUT2D eigenvalue weighted by Gasteiger charge is -2.32. The van der Waals surface area contributed by atoms with E-state index in [1.165, 1.54) is 11.6 Å². The highest BCUT2D eigenvalue weighted by Gasteiger charge is 2.30. The quantitative estimate of drug-likeness (QED) is 0.839. The number of methoxy groups -OCH3 is 2. The maximum atomic E-state index is 13.3. The highest BCUT2D eigenvalue weighted by Crippen LogP contribution is 2.33. The summed E-state index contributed by atoms with van der Waals surface area (Å²) >= 11 is 0. The molecule has 0 bridgehead atoms. The van der Waals surface area contributed by atoms with E-state index in [0.29, 0.717) is 11.5 Å². The summed E-state index contributed by atoms with van der Waals surface area (Å²) in [5.74, 6) is -0.809. The molecule has 2 N–H and O–H groups in total. The largest absolute Gasteiger partial charge is 0.493 e. The van der Waals surface area contributed by atoms with Crippen LogP contribution in [0.25, 0.3) is 0 Å². The van der Waals surface area contributed by atoms with Gasteiger partial charge in [-0.05, 0) is 36.8 Å². The van der Waals surface area contributed by atoms with Crippen molar-refractivity contribution in [3.63, 3.8) is 0 Å². The summed E-state index contributed by atoms with van der Waals surface area (Å²) < 4.78 is 37.0. The van der Waals surface area contributed by atoms with Gasteiger partial charge in [0.1, 0.15) is 6.04 Å². The fraction of sp³-hybridized carbons (Fsp3) is 0.350. The Morgan fingerprint density at radius 1 is 1.15 bits per heavy atom. The van der Waals surface area contributed by atoms with Crippen molar-refractivity contribution in [1.29, 1.82) is 0 Å². The first kappa shape index (κ1) is 19.1. The molecule has 0 saturated heterocycles. The van der Waals surface area contributed by atoms with Gasteiger partial charge in [0.15, 0.2) is 29.7 Å². The molecule has 0 fully saturated rings. The topological polar surface area (TPSA) is 52.0 Å². The number of fused-ring (bicyclic) bond motifs is 1. The maximum Gasteiger partial charge on any atom is 0.279 e. The number of anilines is 1. The van der Waals surface area contributed by atoms with Crippen LogP contribution in [0, 0.1) is 11.6 Å². The van der Waals surface area contributed by atoms with Crippen molar-refractivity contribution in [2.75, 3.05) is 32.6 Å². The Morgan fingerprint density at radius 2 is 1.85 bits per heavy atom. The Labute approximate surface area is 156 Å². The second-order valence-corrected chi connectivity index (χ2v) is 6.64. The zero-order chi connectivity index (χ0) is 19.6. The minimum Gasteiger partial charge on any atom is -0.493 e. The summed E-state index contributed by atoms with van der Waals surface area (Å²) in [6.07, 6.45) is 0.813. The predicted molar refractivity (Wildman–Crippen MR) is 97.3 cm³/mol. The first-order chi connectivity index (χ1) is 12.9. The molecule has 2 aromatic carbocycles. The number of hydrogen-bond acceptors (Lipinski definition) is 3. The van der Waals surface area contributed by atoms with Crippen LogP contribution in [0.15, 0.2) is 30.3 Å². The van der Waals surface area contributed by atoms with Gasteiger partial charge >= 0.3 is 0 Å². The van der Waals surface area contributed by atoms with Gasteiger partial charge in [0.25, 0.3) is 5.91 Å². The molecule has 0 aromatic heterocycles. The first-order valence-corrected chi connectivity index (χ1v) is 8.77. The lowest BCUT2D eigenvalue weighted by atomic mass is 9.93. The van der Waals surface area contributed by atoms with Crippen molar-refractivity contribution in [2.45, 2.75) is 19.4 Å². The molecule has 2 atom stereocenters. The lowest BCUT2D eigenvalue weighted by molar-refractivity contribution is -0.924. The van der Waals surface area contributed by atoms with Gasteiger partial charge in [-0.1, -0.05) is 0 Å². The first-order valence-electron chi connectivity index (χ1n) is 8.77. The van der Waals surface area contributed by atoms with E-state index in [2.05, 4.69) is 12.2 Å². The van der Waals surface area contributed by atoms with Gasteiger partial charge in [-0.25, -0.2) is 8.78 Å². The number of halogens is 2. The third-order valence-corrected chi connectivity index (χ3v) is 5.03. The van der Waals surface area contributed by atoms with Crippen LogP contribution in [0.3, 0.4) is 0 Å². The Bertz CT molecular complexity index is 857. The standard InChI is InChI=1S/C20H22F2N2O3/c1-12-15-10-19(27-3)18(26-2)8-13(15)6-7-24(12)11-20(25)23-14-4-5-16(21)17(22)9-14/h4-5,8-10,12H,6-7,11H2,1-3H3,(H,23,25)/p+1/t12-/m1/s1. The number of benzene rings is 2. The van der Waals surface area contributed by atoms with Crippen LogP contribution in [0.4, 0.5) is 14.5 Å². The average molecular weight is 377 g/mol. The zero-order valence-corrected chi connectivity index (χ0v) is 15.6. The number of carbonyl (C=O) groups is 1. The van der Waals surface area contributed by atoms with E-state index in [9.17, 15) is 13.6 Å². The average Bonchev–Trinajstić information content (AvgIpc) is 2.66. The molecule has 1 amide bonds. The van der Waals surface area contributed by atoms with Gasteiger partial charge in [-0.3, -0.25) is 4.79 Å². The van der Waals surface area contributed by atoms with Crippen LogP contribution >= 0.6 is 0 Å².